The highest BCUT2D eigenvalue weighted by Crippen LogP contribution is 2.09. The highest BCUT2D eigenvalue weighted by molar-refractivity contribution is 5.46. The SMILES string of the molecule is CCNc1cc(NCc2ccncc2)ncn1. The molecule has 0 fully saturated rings. The minimum Gasteiger partial charge on any atom is -0.370 e. The molecule has 5 heteroatoms. The summed E-state index contributed by atoms with van der Waals surface area (Å²) in [6, 6.07) is 5.84. The average molecular weight is 229 g/mol. The number of hydrogen-bond donors (Lipinski definition) is 2. The predicted octanol–water partition coefficient (Wildman–Crippen LogP) is 1.92. The first-order valence-corrected chi connectivity index (χ1v) is 5.57. The number of hydrogen-bond acceptors (Lipinski definition) is 5. The molecule has 17 heavy (non-hydrogen) atoms. The number of nitrogens with zero attached hydrogens (tertiary/aromatic N) is 3. The van der Waals surface area contributed by atoms with E-state index in [0.717, 1.165) is 24.7 Å². The Kier molecular flexibility index (Phi) is 3.85. The van der Waals surface area contributed by atoms with E-state index < -0.39 is 0 Å². The molecule has 0 saturated heterocycles. The molecule has 0 radical (unpaired) electrons. The van der Waals surface area contributed by atoms with Crippen molar-refractivity contribution in [2.75, 3.05) is 17.2 Å². The Labute approximate surface area is 100 Å². The van der Waals surface area contributed by atoms with Gasteiger partial charge in [0.15, 0.2) is 0 Å². The predicted molar refractivity (Wildman–Crippen MR) is 67.8 cm³/mol. The van der Waals surface area contributed by atoms with Crippen molar-refractivity contribution in [2.24, 2.45) is 0 Å². The van der Waals surface area contributed by atoms with E-state index in [9.17, 15) is 0 Å². The van der Waals surface area contributed by atoms with Crippen LogP contribution in [0.5, 0.6) is 0 Å². The standard InChI is InChI=1S/C12H15N5/c1-2-14-11-7-12(17-9-16-11)15-8-10-3-5-13-6-4-10/h3-7,9H,2,8H2,1H3,(H2,14,15,16,17). The van der Waals surface area contributed by atoms with Crippen molar-refractivity contribution < 1.29 is 0 Å². The monoisotopic (exact) mass is 229 g/mol. The zero-order valence-electron chi connectivity index (χ0n) is 9.72. The lowest BCUT2D eigenvalue weighted by molar-refractivity contribution is 1.06. The number of rotatable bonds is 5. The highest BCUT2D eigenvalue weighted by atomic mass is 15.1. The van der Waals surface area contributed by atoms with E-state index in [1.165, 1.54) is 5.56 Å². The molecule has 2 aromatic rings. The second-order valence-electron chi connectivity index (χ2n) is 3.53. The van der Waals surface area contributed by atoms with Gasteiger partial charge in [-0.05, 0) is 24.6 Å². The number of aromatic nitrogens is 3. The van der Waals surface area contributed by atoms with Gasteiger partial charge < -0.3 is 10.6 Å². The fraction of sp³-hybridized carbons (Fsp3) is 0.250. The summed E-state index contributed by atoms with van der Waals surface area (Å²) in [6.45, 7) is 3.61. The Bertz CT molecular complexity index is 457. The van der Waals surface area contributed by atoms with Gasteiger partial charge in [0, 0.05) is 31.5 Å². The smallest absolute Gasteiger partial charge is 0.131 e. The van der Waals surface area contributed by atoms with Gasteiger partial charge >= 0.3 is 0 Å². The zero-order chi connectivity index (χ0) is 11.9. The average Bonchev–Trinajstić information content (AvgIpc) is 2.39. The van der Waals surface area contributed by atoms with Crippen molar-refractivity contribution in [3.63, 3.8) is 0 Å². The van der Waals surface area contributed by atoms with Crippen molar-refractivity contribution >= 4 is 11.6 Å². The van der Waals surface area contributed by atoms with Crippen molar-refractivity contribution in [1.29, 1.82) is 0 Å². The molecule has 2 rings (SSSR count). The first kappa shape index (κ1) is 11.3. The van der Waals surface area contributed by atoms with Crippen LogP contribution in [0.15, 0.2) is 36.9 Å². The molecule has 0 atom stereocenters. The lowest BCUT2D eigenvalue weighted by Gasteiger charge is -2.07. The Morgan fingerprint density at radius 1 is 1.06 bits per heavy atom. The van der Waals surface area contributed by atoms with Crippen molar-refractivity contribution in [1.82, 2.24) is 15.0 Å². The van der Waals surface area contributed by atoms with E-state index in [1.807, 2.05) is 25.1 Å². The molecule has 2 heterocycles. The van der Waals surface area contributed by atoms with Gasteiger partial charge in [0.05, 0.1) is 0 Å². The second-order valence-corrected chi connectivity index (χ2v) is 3.53. The third kappa shape index (κ3) is 3.41. The van der Waals surface area contributed by atoms with Gasteiger partial charge in [0.25, 0.3) is 0 Å². The van der Waals surface area contributed by atoms with Gasteiger partial charge in [0.1, 0.15) is 18.0 Å². The zero-order valence-corrected chi connectivity index (χ0v) is 9.72. The van der Waals surface area contributed by atoms with Crippen LogP contribution in [0.1, 0.15) is 12.5 Å². The lowest BCUT2D eigenvalue weighted by atomic mass is 10.3. The molecule has 0 amide bonds. The maximum Gasteiger partial charge on any atom is 0.131 e. The second kappa shape index (κ2) is 5.79. The van der Waals surface area contributed by atoms with E-state index in [1.54, 1.807) is 18.7 Å². The summed E-state index contributed by atoms with van der Waals surface area (Å²) in [5, 5.41) is 6.39. The molecule has 88 valence electrons. The molecule has 0 aromatic carbocycles. The van der Waals surface area contributed by atoms with Crippen LogP contribution in [-0.2, 0) is 6.54 Å². The van der Waals surface area contributed by atoms with Crippen LogP contribution in [0.3, 0.4) is 0 Å². The maximum atomic E-state index is 4.16. The molecule has 0 spiro atoms. The first-order valence-electron chi connectivity index (χ1n) is 5.57. The van der Waals surface area contributed by atoms with Crippen LogP contribution in [0.25, 0.3) is 0 Å². The van der Waals surface area contributed by atoms with Crippen LogP contribution in [0.4, 0.5) is 11.6 Å². The third-order valence-electron chi connectivity index (χ3n) is 2.25. The molecular formula is C12H15N5. The van der Waals surface area contributed by atoms with Gasteiger partial charge in [0.2, 0.25) is 0 Å². The summed E-state index contributed by atoms with van der Waals surface area (Å²) < 4.78 is 0. The molecule has 2 N–H and O–H groups in total. The number of anilines is 2. The maximum absolute atomic E-state index is 4.16. The molecule has 0 unspecified atom stereocenters. The van der Waals surface area contributed by atoms with Gasteiger partial charge in [-0.1, -0.05) is 0 Å². The first-order chi connectivity index (χ1) is 8.38. The van der Waals surface area contributed by atoms with Crippen LogP contribution in [-0.4, -0.2) is 21.5 Å². The summed E-state index contributed by atoms with van der Waals surface area (Å²) in [5.41, 5.74) is 1.17. The molecule has 2 aromatic heterocycles. The summed E-state index contributed by atoms with van der Waals surface area (Å²) in [7, 11) is 0. The highest BCUT2D eigenvalue weighted by Gasteiger charge is 1.97. The minimum atomic E-state index is 0.727. The van der Waals surface area contributed by atoms with E-state index in [2.05, 4.69) is 25.6 Å². The van der Waals surface area contributed by atoms with Gasteiger partial charge in [-0.25, -0.2) is 9.97 Å². The summed E-state index contributed by atoms with van der Waals surface area (Å²) in [6.07, 6.45) is 5.11. The summed E-state index contributed by atoms with van der Waals surface area (Å²) in [5.74, 6) is 1.65. The van der Waals surface area contributed by atoms with Crippen LogP contribution >= 0.6 is 0 Å². The third-order valence-corrected chi connectivity index (χ3v) is 2.25. The van der Waals surface area contributed by atoms with Gasteiger partial charge in [-0.3, -0.25) is 4.98 Å². The summed E-state index contributed by atoms with van der Waals surface area (Å²) >= 11 is 0. The number of nitrogens with one attached hydrogen (secondary N) is 2. The molecular weight excluding hydrogens is 214 g/mol. The Morgan fingerprint density at radius 3 is 2.47 bits per heavy atom. The Balaban J connectivity index is 1.97. The molecule has 0 saturated carbocycles. The van der Waals surface area contributed by atoms with Gasteiger partial charge in [-0.2, -0.15) is 0 Å². The quantitative estimate of drug-likeness (QED) is 0.820. The van der Waals surface area contributed by atoms with E-state index in [0.29, 0.717) is 0 Å². The molecule has 0 aliphatic rings. The molecule has 0 aliphatic carbocycles. The Morgan fingerprint density at radius 2 is 1.76 bits per heavy atom. The number of pyridine rings is 1. The lowest BCUT2D eigenvalue weighted by Crippen LogP contribution is -2.04. The Hall–Kier alpha value is -2.17. The fourth-order valence-corrected chi connectivity index (χ4v) is 1.43. The molecule has 0 aliphatic heterocycles. The molecule has 5 nitrogen and oxygen atoms in total. The van der Waals surface area contributed by atoms with E-state index >= 15 is 0 Å². The van der Waals surface area contributed by atoms with Gasteiger partial charge in [-0.15, -0.1) is 0 Å². The van der Waals surface area contributed by atoms with Crippen molar-refractivity contribution in [3.05, 3.63) is 42.5 Å². The van der Waals surface area contributed by atoms with Crippen molar-refractivity contribution in [3.8, 4) is 0 Å². The fourth-order valence-electron chi connectivity index (χ4n) is 1.43. The van der Waals surface area contributed by atoms with E-state index in [4.69, 9.17) is 0 Å². The van der Waals surface area contributed by atoms with Crippen LogP contribution < -0.4 is 10.6 Å². The van der Waals surface area contributed by atoms with E-state index in [-0.39, 0.29) is 0 Å². The topological polar surface area (TPSA) is 62.7 Å². The van der Waals surface area contributed by atoms with Crippen LogP contribution in [0.2, 0.25) is 0 Å². The normalized spacial score (nSPS) is 9.94. The van der Waals surface area contributed by atoms with Crippen molar-refractivity contribution in [2.45, 2.75) is 13.5 Å². The summed E-state index contributed by atoms with van der Waals surface area (Å²) in [4.78, 5) is 12.2. The minimum absolute atomic E-state index is 0.727. The van der Waals surface area contributed by atoms with Crippen LogP contribution in [0, 0.1) is 0 Å². The molecule has 0 bridgehead atoms. The largest absolute Gasteiger partial charge is 0.370 e.